The highest BCUT2D eigenvalue weighted by atomic mass is 15.0. The van der Waals surface area contributed by atoms with Crippen LogP contribution < -0.4 is 0 Å². The number of rotatable bonds is 7. The molecule has 0 spiro atoms. The summed E-state index contributed by atoms with van der Waals surface area (Å²) in [5.41, 5.74) is 14.7. The SMILES string of the molecule is c1ccc(C(c2ccc(-n3c4ccccc4c4ccccc43)cc2)(c2ccc(-n3c4ccccc4c4ccccc43)cc2)c2ccc(-n3c4ccccc4c4ccccc43)cc2)cc1. The maximum Gasteiger partial charge on any atom is 0.0701 e. The van der Waals surface area contributed by atoms with Gasteiger partial charge in [0.05, 0.1) is 38.5 Å². The first-order valence-electron chi connectivity index (χ1n) is 22.1. The van der Waals surface area contributed by atoms with E-state index in [0.29, 0.717) is 0 Å². The maximum absolute atomic E-state index is 2.40. The molecular weight excluding hydrogens is 775 g/mol. The van der Waals surface area contributed by atoms with Gasteiger partial charge in [-0.2, -0.15) is 0 Å². The number of para-hydroxylation sites is 6. The smallest absolute Gasteiger partial charge is 0.0701 e. The van der Waals surface area contributed by atoms with Crippen LogP contribution in [0.4, 0.5) is 0 Å². The van der Waals surface area contributed by atoms with Crippen molar-refractivity contribution < 1.29 is 0 Å². The van der Waals surface area contributed by atoms with Crippen LogP contribution in [0.1, 0.15) is 22.3 Å². The second-order valence-electron chi connectivity index (χ2n) is 16.9. The van der Waals surface area contributed by atoms with Gasteiger partial charge in [0.1, 0.15) is 0 Å². The third-order valence-corrected chi connectivity index (χ3v) is 13.6. The van der Waals surface area contributed by atoms with Crippen LogP contribution >= 0.6 is 0 Å². The number of benzene rings is 10. The molecule has 0 aliphatic carbocycles. The average Bonchev–Trinajstić information content (AvgIpc) is 4.01. The molecule has 0 saturated heterocycles. The summed E-state index contributed by atoms with van der Waals surface area (Å²) < 4.78 is 7.21. The Balaban J connectivity index is 1.04. The minimum absolute atomic E-state index is 0.667. The largest absolute Gasteiger partial charge is 0.309 e. The lowest BCUT2D eigenvalue weighted by molar-refractivity contribution is 0.744. The Morgan fingerprint density at radius 3 is 0.641 bits per heavy atom. The van der Waals surface area contributed by atoms with Crippen LogP contribution in [0.5, 0.6) is 0 Å². The van der Waals surface area contributed by atoms with Gasteiger partial charge in [-0.3, -0.25) is 0 Å². The molecule has 64 heavy (non-hydrogen) atoms. The predicted octanol–water partition coefficient (Wildman–Crippen LogP) is 15.4. The fraction of sp³-hybridized carbons (Fsp3) is 0.0164. The molecule has 3 nitrogen and oxygen atoms in total. The normalized spacial score (nSPS) is 12.1. The van der Waals surface area contributed by atoms with Crippen LogP contribution in [0.2, 0.25) is 0 Å². The van der Waals surface area contributed by atoms with Gasteiger partial charge in [-0.15, -0.1) is 0 Å². The van der Waals surface area contributed by atoms with Gasteiger partial charge >= 0.3 is 0 Å². The predicted molar refractivity (Wildman–Crippen MR) is 268 cm³/mol. The molecule has 0 fully saturated rings. The van der Waals surface area contributed by atoms with Gasteiger partial charge in [0.15, 0.2) is 0 Å². The van der Waals surface area contributed by atoms with E-state index in [0.717, 1.165) is 17.1 Å². The van der Waals surface area contributed by atoms with E-state index >= 15 is 0 Å². The highest BCUT2D eigenvalue weighted by molar-refractivity contribution is 6.11. The van der Waals surface area contributed by atoms with E-state index in [1.165, 1.54) is 87.7 Å². The Bertz CT molecular complexity index is 3330. The fourth-order valence-corrected chi connectivity index (χ4v) is 10.9. The third kappa shape index (κ3) is 5.28. The molecule has 300 valence electrons. The monoisotopic (exact) mass is 815 g/mol. The van der Waals surface area contributed by atoms with E-state index < -0.39 is 5.41 Å². The summed E-state index contributed by atoms with van der Waals surface area (Å²) in [5, 5.41) is 7.54. The van der Waals surface area contributed by atoms with Gasteiger partial charge in [0.25, 0.3) is 0 Å². The standard InChI is InChI=1S/C61H41N3/c1-2-16-42(17-3-1)61(43-30-36-46(37-31-43)62-55-24-10-4-18-49(55)50-19-5-11-25-56(50)62,44-32-38-47(39-33-44)63-57-26-12-6-20-51(57)52-21-7-13-27-58(52)63)45-34-40-48(41-35-45)64-59-28-14-8-22-53(59)54-23-9-15-29-60(54)64/h1-41H. The van der Waals surface area contributed by atoms with Crippen LogP contribution in [-0.2, 0) is 5.41 Å². The van der Waals surface area contributed by atoms with E-state index in [9.17, 15) is 0 Å². The lowest BCUT2D eigenvalue weighted by Gasteiger charge is -2.37. The highest BCUT2D eigenvalue weighted by Gasteiger charge is 2.38. The molecule has 0 saturated carbocycles. The molecule has 13 rings (SSSR count). The van der Waals surface area contributed by atoms with Crippen molar-refractivity contribution in [1.82, 2.24) is 13.7 Å². The summed E-state index contributed by atoms with van der Waals surface area (Å²) in [7, 11) is 0. The molecule has 0 amide bonds. The molecule has 0 radical (unpaired) electrons. The van der Waals surface area contributed by atoms with E-state index in [-0.39, 0.29) is 0 Å². The van der Waals surface area contributed by atoms with Crippen molar-refractivity contribution in [3.63, 3.8) is 0 Å². The molecule has 0 N–H and O–H groups in total. The molecule has 0 bridgehead atoms. The zero-order valence-corrected chi connectivity index (χ0v) is 35.0. The molecule has 3 heteroatoms. The van der Waals surface area contributed by atoms with Gasteiger partial charge in [-0.05, 0) is 95.1 Å². The second kappa shape index (κ2) is 14.3. The fourth-order valence-electron chi connectivity index (χ4n) is 10.9. The van der Waals surface area contributed by atoms with Crippen molar-refractivity contribution in [3.05, 3.63) is 271 Å². The summed E-state index contributed by atoms with van der Waals surface area (Å²) >= 11 is 0. The summed E-state index contributed by atoms with van der Waals surface area (Å²) in [5.74, 6) is 0. The van der Waals surface area contributed by atoms with E-state index in [1.807, 2.05) is 0 Å². The number of fused-ring (bicyclic) bond motifs is 9. The van der Waals surface area contributed by atoms with Crippen LogP contribution in [0, 0.1) is 0 Å². The lowest BCUT2D eigenvalue weighted by atomic mass is 9.65. The van der Waals surface area contributed by atoms with Crippen LogP contribution in [0.15, 0.2) is 249 Å². The minimum Gasteiger partial charge on any atom is -0.309 e. The van der Waals surface area contributed by atoms with Gasteiger partial charge in [0.2, 0.25) is 0 Å². The van der Waals surface area contributed by atoms with Gasteiger partial charge in [0, 0.05) is 49.4 Å². The van der Waals surface area contributed by atoms with Gasteiger partial charge in [-0.1, -0.05) is 176 Å². The Labute approximate surface area is 370 Å². The number of aromatic nitrogens is 3. The average molecular weight is 816 g/mol. The van der Waals surface area contributed by atoms with Crippen molar-refractivity contribution in [3.8, 4) is 17.1 Å². The van der Waals surface area contributed by atoms with E-state index in [1.54, 1.807) is 0 Å². The lowest BCUT2D eigenvalue weighted by Crippen LogP contribution is -2.31. The van der Waals surface area contributed by atoms with Crippen molar-refractivity contribution in [1.29, 1.82) is 0 Å². The zero-order valence-electron chi connectivity index (χ0n) is 35.0. The second-order valence-corrected chi connectivity index (χ2v) is 16.9. The molecule has 3 heterocycles. The Hall–Kier alpha value is -8.40. The van der Waals surface area contributed by atoms with Crippen molar-refractivity contribution in [2.75, 3.05) is 0 Å². The molecule has 13 aromatic rings. The molecule has 0 aliphatic heterocycles. The summed E-state index contributed by atoms with van der Waals surface area (Å²) in [6.45, 7) is 0. The summed E-state index contributed by atoms with van der Waals surface area (Å²) in [4.78, 5) is 0. The first-order valence-corrected chi connectivity index (χ1v) is 22.1. The number of hydrogen-bond acceptors (Lipinski definition) is 0. The van der Waals surface area contributed by atoms with Crippen LogP contribution in [0.25, 0.3) is 82.5 Å². The molecule has 10 aromatic carbocycles. The first kappa shape index (κ1) is 36.3. The highest BCUT2D eigenvalue weighted by Crippen LogP contribution is 2.47. The maximum atomic E-state index is 2.40. The van der Waals surface area contributed by atoms with Gasteiger partial charge in [-0.25, -0.2) is 0 Å². The van der Waals surface area contributed by atoms with E-state index in [2.05, 4.69) is 262 Å². The molecular formula is C61H41N3. The van der Waals surface area contributed by atoms with Crippen LogP contribution in [-0.4, -0.2) is 13.7 Å². The molecule has 0 atom stereocenters. The minimum atomic E-state index is -0.667. The van der Waals surface area contributed by atoms with Crippen LogP contribution in [0.3, 0.4) is 0 Å². The third-order valence-electron chi connectivity index (χ3n) is 13.6. The Morgan fingerprint density at radius 2 is 0.391 bits per heavy atom. The Kier molecular flexibility index (Phi) is 8.13. The number of nitrogens with zero attached hydrogens (tertiary/aromatic N) is 3. The summed E-state index contributed by atoms with van der Waals surface area (Å²) in [6.07, 6.45) is 0. The van der Waals surface area contributed by atoms with Crippen molar-refractivity contribution in [2.24, 2.45) is 0 Å². The topological polar surface area (TPSA) is 14.8 Å². The van der Waals surface area contributed by atoms with E-state index in [4.69, 9.17) is 0 Å². The number of hydrogen-bond donors (Lipinski definition) is 0. The van der Waals surface area contributed by atoms with Crippen molar-refractivity contribution in [2.45, 2.75) is 5.41 Å². The summed E-state index contributed by atoms with van der Waals surface area (Å²) in [6, 6.07) is 91.5. The van der Waals surface area contributed by atoms with Gasteiger partial charge < -0.3 is 13.7 Å². The van der Waals surface area contributed by atoms with Crippen molar-refractivity contribution >= 4 is 65.4 Å². The quantitative estimate of drug-likeness (QED) is 0.142. The molecule has 0 aliphatic rings. The zero-order chi connectivity index (χ0) is 42.2. The molecule has 0 unspecified atom stereocenters. The molecule has 3 aromatic heterocycles. The Morgan fingerprint density at radius 1 is 0.188 bits per heavy atom. The first-order chi connectivity index (χ1) is 31.8.